The van der Waals surface area contributed by atoms with Gasteiger partial charge in [-0.1, -0.05) is 6.92 Å². The number of nitrogens with zero attached hydrogens (tertiary/aromatic N) is 1. The van der Waals surface area contributed by atoms with E-state index in [1.54, 1.807) is 14.0 Å². The third-order valence-corrected chi connectivity index (χ3v) is 3.10. The molecule has 0 bridgehead atoms. The first-order valence-electron chi connectivity index (χ1n) is 3.72. The largest absolute Gasteiger partial charge is 0.287 e. The van der Waals surface area contributed by atoms with Crippen LogP contribution in [0.5, 0.6) is 0 Å². The topological polar surface area (TPSA) is 54.9 Å². The van der Waals surface area contributed by atoms with Crippen LogP contribution in [0.4, 0.5) is 0 Å². The minimum Gasteiger partial charge on any atom is -0.287 e. The number of H-pyrrole nitrogens is 1. The van der Waals surface area contributed by atoms with Crippen LogP contribution in [0.15, 0.2) is 9.82 Å². The molecule has 68 valence electrons. The van der Waals surface area contributed by atoms with E-state index < -0.39 is 10.8 Å². The van der Waals surface area contributed by atoms with Crippen LogP contribution in [0, 0.1) is 6.92 Å². The third kappa shape index (κ3) is 1.36. The maximum Gasteiger partial charge on any atom is 0.270 e. The van der Waals surface area contributed by atoms with Crippen molar-refractivity contribution in [3.05, 3.63) is 15.9 Å². The molecule has 0 aromatic carbocycles. The van der Waals surface area contributed by atoms with Crippen LogP contribution in [0.2, 0.25) is 0 Å². The van der Waals surface area contributed by atoms with E-state index in [1.807, 2.05) is 6.92 Å². The van der Waals surface area contributed by atoms with Crippen molar-refractivity contribution in [2.75, 3.05) is 5.75 Å². The molecule has 1 atom stereocenters. The van der Waals surface area contributed by atoms with Crippen molar-refractivity contribution >= 4 is 10.8 Å². The quantitative estimate of drug-likeness (QED) is 0.718. The number of nitrogens with one attached hydrogen (secondary N) is 1. The molecular weight excluding hydrogens is 176 g/mol. The van der Waals surface area contributed by atoms with Crippen LogP contribution >= 0.6 is 0 Å². The van der Waals surface area contributed by atoms with E-state index in [9.17, 15) is 9.00 Å². The summed E-state index contributed by atoms with van der Waals surface area (Å²) in [5.74, 6) is 0.529. The highest BCUT2D eigenvalue weighted by Gasteiger charge is 2.11. The summed E-state index contributed by atoms with van der Waals surface area (Å²) in [7, 11) is 0.549. The van der Waals surface area contributed by atoms with Crippen LogP contribution in [0.1, 0.15) is 12.5 Å². The normalized spacial score (nSPS) is 13.2. The summed E-state index contributed by atoms with van der Waals surface area (Å²) in [5, 5.41) is 3.31. The Balaban J connectivity index is 3.27. The second kappa shape index (κ2) is 3.26. The lowest BCUT2D eigenvalue weighted by Gasteiger charge is -1.93. The molecule has 1 N–H and O–H groups in total. The fraction of sp³-hybridized carbons (Fsp3) is 0.571. The molecule has 1 unspecified atom stereocenters. The van der Waals surface area contributed by atoms with E-state index in [1.165, 1.54) is 4.68 Å². The molecule has 0 aliphatic rings. The van der Waals surface area contributed by atoms with E-state index in [0.29, 0.717) is 16.3 Å². The van der Waals surface area contributed by atoms with Gasteiger partial charge in [-0.25, -0.2) is 0 Å². The van der Waals surface area contributed by atoms with Gasteiger partial charge in [0.15, 0.2) is 0 Å². The Morgan fingerprint density at radius 1 is 1.58 bits per heavy atom. The summed E-state index contributed by atoms with van der Waals surface area (Å²) in [6, 6.07) is 0. The van der Waals surface area contributed by atoms with Gasteiger partial charge in [-0.2, -0.15) is 0 Å². The molecule has 1 aromatic rings. The molecule has 0 spiro atoms. The summed E-state index contributed by atoms with van der Waals surface area (Å²) in [4.78, 5) is 11.2. The molecule has 0 saturated carbocycles. The summed E-state index contributed by atoms with van der Waals surface area (Å²) in [6.07, 6.45) is 0. The zero-order valence-electron chi connectivity index (χ0n) is 7.38. The van der Waals surface area contributed by atoms with Gasteiger partial charge in [0.25, 0.3) is 5.56 Å². The highest BCUT2D eigenvalue weighted by molar-refractivity contribution is 7.84. The van der Waals surface area contributed by atoms with Gasteiger partial charge in [0.2, 0.25) is 0 Å². The van der Waals surface area contributed by atoms with Gasteiger partial charge in [0, 0.05) is 18.4 Å². The van der Waals surface area contributed by atoms with Crippen LogP contribution in [-0.2, 0) is 17.8 Å². The molecule has 0 radical (unpaired) electrons. The molecule has 0 saturated heterocycles. The Hall–Kier alpha value is -0.840. The van der Waals surface area contributed by atoms with Crippen molar-refractivity contribution in [2.24, 2.45) is 7.05 Å². The number of hydrogen-bond acceptors (Lipinski definition) is 2. The monoisotopic (exact) mass is 188 g/mol. The molecule has 0 aliphatic heterocycles. The summed E-state index contributed by atoms with van der Waals surface area (Å²) >= 11 is 0. The van der Waals surface area contributed by atoms with Crippen LogP contribution < -0.4 is 5.56 Å². The predicted molar refractivity (Wildman–Crippen MR) is 47.7 cm³/mol. The van der Waals surface area contributed by atoms with Crippen molar-refractivity contribution in [1.29, 1.82) is 0 Å². The maximum atomic E-state index is 11.3. The standard InChI is InChI=1S/C7H12N2O2S/c1-4-12(11)6-5(2)7(10)9(3)8-6/h8H,4H2,1-3H3. The molecule has 4 nitrogen and oxygen atoms in total. The predicted octanol–water partition coefficient (Wildman–Crippen LogP) is 0.149. The summed E-state index contributed by atoms with van der Waals surface area (Å²) in [5.41, 5.74) is 0.449. The molecule has 0 amide bonds. The number of aryl methyl sites for hydroxylation is 1. The van der Waals surface area contributed by atoms with Crippen molar-refractivity contribution in [3.8, 4) is 0 Å². The van der Waals surface area contributed by atoms with Crippen molar-refractivity contribution in [1.82, 2.24) is 9.78 Å². The van der Waals surface area contributed by atoms with Gasteiger partial charge in [-0.3, -0.25) is 18.8 Å². The third-order valence-electron chi connectivity index (χ3n) is 1.73. The van der Waals surface area contributed by atoms with Gasteiger partial charge in [0.1, 0.15) is 5.03 Å². The first kappa shape index (κ1) is 9.25. The first-order valence-corrected chi connectivity index (χ1v) is 5.03. The molecule has 0 fully saturated rings. The average molecular weight is 188 g/mol. The Labute approximate surface area is 73.0 Å². The SMILES string of the molecule is CCS(=O)c1[nH]n(C)c(=O)c1C. The van der Waals surface area contributed by atoms with E-state index >= 15 is 0 Å². The lowest BCUT2D eigenvalue weighted by atomic mass is 10.4. The second-order valence-electron chi connectivity index (χ2n) is 2.56. The van der Waals surface area contributed by atoms with Gasteiger partial charge >= 0.3 is 0 Å². The molecule has 1 heterocycles. The van der Waals surface area contributed by atoms with Gasteiger partial charge in [0.05, 0.1) is 10.8 Å². The fourth-order valence-electron chi connectivity index (χ4n) is 1.00. The van der Waals surface area contributed by atoms with Crippen LogP contribution in [0.3, 0.4) is 0 Å². The number of aromatic nitrogens is 2. The number of aromatic amines is 1. The van der Waals surface area contributed by atoms with Crippen LogP contribution in [0.25, 0.3) is 0 Å². The smallest absolute Gasteiger partial charge is 0.270 e. The van der Waals surface area contributed by atoms with Gasteiger partial charge < -0.3 is 0 Å². The molecule has 1 rings (SSSR count). The van der Waals surface area contributed by atoms with Crippen molar-refractivity contribution < 1.29 is 4.21 Å². The Morgan fingerprint density at radius 2 is 2.17 bits per heavy atom. The summed E-state index contributed by atoms with van der Waals surface area (Å²) in [6.45, 7) is 3.50. The number of hydrogen-bond donors (Lipinski definition) is 1. The lowest BCUT2D eigenvalue weighted by molar-refractivity contribution is 0.670. The lowest BCUT2D eigenvalue weighted by Crippen LogP contribution is -2.12. The highest BCUT2D eigenvalue weighted by Crippen LogP contribution is 2.04. The molecular formula is C7H12N2O2S. The van der Waals surface area contributed by atoms with E-state index in [4.69, 9.17) is 0 Å². The fourth-order valence-corrected chi connectivity index (χ4v) is 1.96. The van der Waals surface area contributed by atoms with Crippen molar-refractivity contribution in [2.45, 2.75) is 18.9 Å². The van der Waals surface area contributed by atoms with E-state index in [-0.39, 0.29) is 5.56 Å². The number of rotatable bonds is 2. The Kier molecular flexibility index (Phi) is 2.52. The zero-order valence-corrected chi connectivity index (χ0v) is 8.20. The Morgan fingerprint density at radius 3 is 2.50 bits per heavy atom. The molecule has 1 aromatic heterocycles. The summed E-state index contributed by atoms with van der Waals surface area (Å²) < 4.78 is 12.7. The van der Waals surface area contributed by atoms with E-state index in [0.717, 1.165) is 0 Å². The zero-order chi connectivity index (χ0) is 9.30. The maximum absolute atomic E-state index is 11.3. The Bertz CT molecular complexity index is 364. The average Bonchev–Trinajstić information content (AvgIpc) is 2.32. The second-order valence-corrected chi connectivity index (χ2v) is 4.24. The minimum atomic E-state index is -1.07. The van der Waals surface area contributed by atoms with Gasteiger partial charge in [-0.15, -0.1) is 0 Å². The van der Waals surface area contributed by atoms with Gasteiger partial charge in [-0.05, 0) is 6.92 Å². The minimum absolute atomic E-state index is 0.105. The molecule has 5 heteroatoms. The van der Waals surface area contributed by atoms with Crippen LogP contribution in [-0.4, -0.2) is 19.7 Å². The van der Waals surface area contributed by atoms with Crippen molar-refractivity contribution in [3.63, 3.8) is 0 Å². The van der Waals surface area contributed by atoms with E-state index in [2.05, 4.69) is 5.10 Å². The molecule has 12 heavy (non-hydrogen) atoms. The molecule has 0 aliphatic carbocycles. The first-order chi connectivity index (χ1) is 5.57. The highest BCUT2D eigenvalue weighted by atomic mass is 32.2.